The highest BCUT2D eigenvalue weighted by Crippen LogP contribution is 2.54. The molecule has 228 valence electrons. The van der Waals surface area contributed by atoms with Crippen LogP contribution in [0.2, 0.25) is 0 Å². The SMILES string of the molecule is CCCCCc1cc(-c2cc(C)cc(C)c2)c2c(c1O)C(O)=C1C(=O)[C@]3(O)C(O)=C(C(N)=O)C(=O)[C@@H](N(C)C)C3CC1C2. The molecule has 3 aliphatic rings. The zero-order chi connectivity index (χ0) is 31.5. The third-order valence-electron chi connectivity index (χ3n) is 9.38. The summed E-state index contributed by atoms with van der Waals surface area (Å²) in [5.41, 5.74) is 7.14. The van der Waals surface area contributed by atoms with Crippen molar-refractivity contribution in [2.24, 2.45) is 17.6 Å². The number of ketones is 2. The van der Waals surface area contributed by atoms with Crippen molar-refractivity contribution in [1.82, 2.24) is 4.90 Å². The van der Waals surface area contributed by atoms with Gasteiger partial charge in [-0.2, -0.15) is 0 Å². The number of hydrogen-bond acceptors (Lipinski definition) is 8. The molecule has 4 atom stereocenters. The lowest BCUT2D eigenvalue weighted by Crippen LogP contribution is -2.65. The van der Waals surface area contributed by atoms with Crippen LogP contribution in [0.15, 0.2) is 41.2 Å². The summed E-state index contributed by atoms with van der Waals surface area (Å²) in [4.78, 5) is 41.3. The van der Waals surface area contributed by atoms with Gasteiger partial charge in [-0.15, -0.1) is 0 Å². The molecule has 0 radical (unpaired) electrons. The van der Waals surface area contributed by atoms with Crippen molar-refractivity contribution in [2.75, 3.05) is 14.1 Å². The Labute approximate surface area is 251 Å². The molecule has 0 heterocycles. The van der Waals surface area contributed by atoms with Gasteiger partial charge in [-0.05, 0) is 87.9 Å². The van der Waals surface area contributed by atoms with Gasteiger partial charge in [-0.1, -0.05) is 49.1 Å². The number of fused-ring (bicyclic) bond motifs is 3. The molecule has 9 heteroatoms. The number of aromatic hydroxyl groups is 1. The summed E-state index contributed by atoms with van der Waals surface area (Å²) in [6.07, 6.45) is 3.63. The first-order valence-corrected chi connectivity index (χ1v) is 14.8. The van der Waals surface area contributed by atoms with E-state index < -0.39 is 58.0 Å². The number of phenols is 1. The Morgan fingerprint density at radius 1 is 1.05 bits per heavy atom. The maximum atomic E-state index is 14.2. The number of carbonyl (C=O) groups is 3. The number of rotatable bonds is 7. The predicted octanol–water partition coefficient (Wildman–Crippen LogP) is 3.98. The molecule has 2 aromatic carbocycles. The van der Waals surface area contributed by atoms with Crippen LogP contribution in [0, 0.1) is 25.7 Å². The number of likely N-dealkylation sites (N-methyl/N-ethyl adjacent to an activating group) is 1. The minimum Gasteiger partial charge on any atom is -0.508 e. The number of Topliss-reactive ketones (excluding diaryl/α,β-unsaturated/α-hetero) is 2. The van der Waals surface area contributed by atoms with Crippen LogP contribution in [0.5, 0.6) is 5.75 Å². The number of unbranched alkanes of at least 4 members (excludes halogenated alkanes) is 2. The number of aliphatic hydroxyl groups excluding tert-OH is 2. The number of benzene rings is 2. The zero-order valence-corrected chi connectivity index (χ0v) is 25.3. The van der Waals surface area contributed by atoms with Crippen LogP contribution < -0.4 is 5.73 Å². The summed E-state index contributed by atoms with van der Waals surface area (Å²) in [5, 5.41) is 46.3. The molecular formula is C34H40N2O7. The van der Waals surface area contributed by atoms with Crippen LogP contribution >= 0.6 is 0 Å². The van der Waals surface area contributed by atoms with Gasteiger partial charge in [0, 0.05) is 11.5 Å². The monoisotopic (exact) mass is 588 g/mol. The Morgan fingerprint density at radius 2 is 1.70 bits per heavy atom. The normalized spacial score (nSPS) is 25.1. The third-order valence-corrected chi connectivity index (χ3v) is 9.38. The number of nitrogens with two attached hydrogens (primary N) is 1. The van der Waals surface area contributed by atoms with E-state index in [2.05, 4.69) is 13.0 Å². The summed E-state index contributed by atoms with van der Waals surface area (Å²) < 4.78 is 0. The van der Waals surface area contributed by atoms with Crippen LogP contribution in [0.25, 0.3) is 16.9 Å². The second-order valence-electron chi connectivity index (χ2n) is 12.6. The Bertz CT molecular complexity index is 1600. The molecule has 2 unspecified atom stereocenters. The number of primary amides is 1. The largest absolute Gasteiger partial charge is 0.508 e. The molecule has 3 aliphatic carbocycles. The summed E-state index contributed by atoms with van der Waals surface area (Å²) in [7, 11) is 3.17. The lowest BCUT2D eigenvalue weighted by molar-refractivity contribution is -0.153. The number of aliphatic hydroxyl groups is 3. The Kier molecular flexibility index (Phi) is 7.77. The van der Waals surface area contributed by atoms with Gasteiger partial charge in [0.2, 0.25) is 5.78 Å². The first-order chi connectivity index (χ1) is 20.2. The molecule has 2 aromatic rings. The Balaban J connectivity index is 1.77. The molecule has 1 fully saturated rings. The van der Waals surface area contributed by atoms with E-state index in [4.69, 9.17) is 5.73 Å². The van der Waals surface area contributed by atoms with E-state index in [1.54, 1.807) is 14.1 Å². The van der Waals surface area contributed by atoms with Crippen LogP contribution in [-0.2, 0) is 27.2 Å². The van der Waals surface area contributed by atoms with Crippen molar-refractivity contribution in [3.63, 3.8) is 0 Å². The number of amides is 1. The lowest BCUT2D eigenvalue weighted by Gasteiger charge is -2.50. The second kappa shape index (κ2) is 11.0. The minimum absolute atomic E-state index is 0.0526. The van der Waals surface area contributed by atoms with Crippen LogP contribution in [0.3, 0.4) is 0 Å². The van der Waals surface area contributed by atoms with Gasteiger partial charge in [0.15, 0.2) is 11.4 Å². The van der Waals surface area contributed by atoms with E-state index in [-0.39, 0.29) is 29.7 Å². The first-order valence-electron chi connectivity index (χ1n) is 14.8. The van der Waals surface area contributed by atoms with E-state index in [9.17, 15) is 34.8 Å². The standard InChI is InChI=1S/C34H40N2O7/c1-6-7-8-9-18-13-21(19-11-16(2)10-17(3)12-19)22-14-20-15-23-27(36(4)5)30(39)26(33(35)42)32(41)34(23,43)31(40)24(20)29(38)25(22)28(18)37/h10-13,20,23,27,37-38,41,43H,6-9,14-15H2,1-5H3,(H2,35,42)/t20?,23?,27-,34-/m0/s1. The number of aryl methyl sites for hydroxylation is 3. The van der Waals surface area contributed by atoms with Gasteiger partial charge in [0.1, 0.15) is 22.8 Å². The number of carbonyl (C=O) groups excluding carboxylic acids is 3. The Hall–Kier alpha value is -3.95. The molecule has 5 rings (SSSR count). The maximum Gasteiger partial charge on any atom is 0.255 e. The first kappa shape index (κ1) is 30.5. The van der Waals surface area contributed by atoms with E-state index in [1.165, 1.54) is 4.90 Å². The van der Waals surface area contributed by atoms with Crippen molar-refractivity contribution in [2.45, 2.75) is 70.9 Å². The lowest BCUT2D eigenvalue weighted by atomic mass is 9.57. The average molecular weight is 589 g/mol. The highest BCUT2D eigenvalue weighted by Gasteiger charge is 2.64. The smallest absolute Gasteiger partial charge is 0.255 e. The summed E-state index contributed by atoms with van der Waals surface area (Å²) in [6, 6.07) is 7.01. The topological polar surface area (TPSA) is 161 Å². The molecule has 1 saturated carbocycles. The Morgan fingerprint density at radius 3 is 2.28 bits per heavy atom. The van der Waals surface area contributed by atoms with Gasteiger partial charge < -0.3 is 26.2 Å². The molecule has 0 bridgehead atoms. The summed E-state index contributed by atoms with van der Waals surface area (Å²) >= 11 is 0. The maximum absolute atomic E-state index is 14.2. The van der Waals surface area contributed by atoms with Crippen LogP contribution in [-0.4, -0.2) is 68.5 Å². The van der Waals surface area contributed by atoms with Gasteiger partial charge in [-0.25, -0.2) is 0 Å². The van der Waals surface area contributed by atoms with E-state index in [1.807, 2.05) is 32.0 Å². The van der Waals surface area contributed by atoms with Crippen LogP contribution in [0.1, 0.15) is 60.4 Å². The van der Waals surface area contributed by atoms with Gasteiger partial charge in [0.25, 0.3) is 5.91 Å². The fourth-order valence-corrected chi connectivity index (χ4v) is 7.51. The number of phenolic OH excluding ortho intramolecular Hbond substituents is 1. The third kappa shape index (κ3) is 4.66. The van der Waals surface area contributed by atoms with Crippen molar-refractivity contribution >= 4 is 23.2 Å². The average Bonchev–Trinajstić information content (AvgIpc) is 2.91. The molecule has 6 N–H and O–H groups in total. The highest BCUT2D eigenvalue weighted by atomic mass is 16.3. The van der Waals surface area contributed by atoms with Crippen molar-refractivity contribution < 1.29 is 34.8 Å². The van der Waals surface area contributed by atoms with Crippen molar-refractivity contribution in [1.29, 1.82) is 0 Å². The molecular weight excluding hydrogens is 548 g/mol. The molecule has 43 heavy (non-hydrogen) atoms. The minimum atomic E-state index is -2.66. The van der Waals surface area contributed by atoms with Gasteiger partial charge >= 0.3 is 0 Å². The second-order valence-corrected chi connectivity index (χ2v) is 12.6. The van der Waals surface area contributed by atoms with Crippen molar-refractivity contribution in [3.8, 4) is 16.9 Å². The fraction of sp³-hybridized carbons (Fsp3) is 0.441. The predicted molar refractivity (Wildman–Crippen MR) is 162 cm³/mol. The molecule has 0 aliphatic heterocycles. The zero-order valence-electron chi connectivity index (χ0n) is 25.3. The molecule has 0 spiro atoms. The van der Waals surface area contributed by atoms with E-state index in [0.29, 0.717) is 17.5 Å². The summed E-state index contributed by atoms with van der Waals surface area (Å²) in [5.74, 6) is -6.43. The molecule has 0 aromatic heterocycles. The highest BCUT2D eigenvalue weighted by molar-refractivity contribution is 6.24. The van der Waals surface area contributed by atoms with E-state index >= 15 is 0 Å². The molecule has 9 nitrogen and oxygen atoms in total. The number of hydrogen-bond donors (Lipinski definition) is 5. The number of nitrogens with zero attached hydrogens (tertiary/aromatic N) is 1. The van der Waals surface area contributed by atoms with Gasteiger partial charge in [0.05, 0.1) is 11.6 Å². The summed E-state index contributed by atoms with van der Waals surface area (Å²) in [6.45, 7) is 6.09. The van der Waals surface area contributed by atoms with Crippen molar-refractivity contribution in [3.05, 3.63) is 69.0 Å². The fourth-order valence-electron chi connectivity index (χ4n) is 7.51. The molecule has 1 amide bonds. The van der Waals surface area contributed by atoms with Gasteiger partial charge in [-0.3, -0.25) is 19.3 Å². The molecule has 0 saturated heterocycles. The van der Waals surface area contributed by atoms with E-state index in [0.717, 1.165) is 41.5 Å². The van der Waals surface area contributed by atoms with Crippen LogP contribution in [0.4, 0.5) is 0 Å². The quantitative estimate of drug-likeness (QED) is 0.240.